The lowest BCUT2D eigenvalue weighted by Gasteiger charge is -2.42. The van der Waals surface area contributed by atoms with E-state index < -0.39 is 17.7 Å². The molecular weight excluding hydrogens is 272 g/mol. The topological polar surface area (TPSA) is 59.1 Å². The van der Waals surface area contributed by atoms with Gasteiger partial charge in [-0.15, -0.1) is 0 Å². The molecule has 0 radical (unpaired) electrons. The maximum atomic E-state index is 12.4. The van der Waals surface area contributed by atoms with Gasteiger partial charge in [0.2, 0.25) is 0 Å². The Hall–Kier alpha value is -1.30. The molecule has 2 saturated heterocycles. The van der Waals surface area contributed by atoms with E-state index in [0.717, 1.165) is 19.4 Å². The van der Waals surface area contributed by atoms with Gasteiger partial charge in [0.05, 0.1) is 6.61 Å². The maximum Gasteiger partial charge on any atom is 0.411 e. The zero-order chi connectivity index (χ0) is 15.6. The molecule has 120 valence electrons. The molecule has 2 heterocycles. The van der Waals surface area contributed by atoms with E-state index in [4.69, 9.17) is 9.47 Å². The minimum atomic E-state index is -0.566. The van der Waals surface area contributed by atoms with Crippen molar-refractivity contribution in [2.24, 2.45) is 0 Å². The van der Waals surface area contributed by atoms with Gasteiger partial charge >= 0.3 is 12.1 Å². The van der Waals surface area contributed by atoms with Crippen molar-refractivity contribution in [1.82, 2.24) is 9.80 Å². The molecule has 0 bridgehead atoms. The highest BCUT2D eigenvalue weighted by atomic mass is 16.6. The van der Waals surface area contributed by atoms with Crippen LogP contribution in [0.5, 0.6) is 0 Å². The first-order valence-electron chi connectivity index (χ1n) is 7.72. The third-order valence-electron chi connectivity index (χ3n) is 3.88. The molecule has 2 aliphatic rings. The van der Waals surface area contributed by atoms with E-state index in [1.54, 1.807) is 11.8 Å². The molecule has 0 spiro atoms. The molecule has 2 fully saturated rings. The van der Waals surface area contributed by atoms with Gasteiger partial charge < -0.3 is 9.47 Å². The Kier molecular flexibility index (Phi) is 4.76. The van der Waals surface area contributed by atoms with Crippen LogP contribution in [0.4, 0.5) is 4.79 Å². The number of rotatable bonds is 2. The number of amides is 1. The fourth-order valence-electron chi connectivity index (χ4n) is 2.98. The molecule has 0 aromatic carbocycles. The van der Waals surface area contributed by atoms with E-state index in [1.807, 2.05) is 20.8 Å². The van der Waals surface area contributed by atoms with Gasteiger partial charge in [-0.3, -0.25) is 9.80 Å². The van der Waals surface area contributed by atoms with Crippen LogP contribution in [0.3, 0.4) is 0 Å². The van der Waals surface area contributed by atoms with E-state index in [2.05, 4.69) is 4.90 Å². The minimum absolute atomic E-state index is 0.320. The molecule has 21 heavy (non-hydrogen) atoms. The first-order chi connectivity index (χ1) is 9.81. The quantitative estimate of drug-likeness (QED) is 0.725. The number of esters is 1. The summed E-state index contributed by atoms with van der Waals surface area (Å²) in [6.45, 7) is 9.66. The number of hydrogen-bond acceptors (Lipinski definition) is 5. The highest BCUT2D eigenvalue weighted by Crippen LogP contribution is 2.26. The molecule has 2 atom stereocenters. The molecule has 6 heteroatoms. The molecule has 6 nitrogen and oxygen atoms in total. The predicted molar refractivity (Wildman–Crippen MR) is 78.0 cm³/mol. The molecule has 1 amide bonds. The summed E-state index contributed by atoms with van der Waals surface area (Å²) in [7, 11) is 0. The van der Waals surface area contributed by atoms with Crippen LogP contribution in [0.1, 0.15) is 40.5 Å². The standard InChI is InChI=1S/C15H26N2O4/c1-5-20-13(18)12-10-16-8-6-7-11(16)9-17(12)14(19)21-15(2,3)4/h11-12H,5-10H2,1-4H3/t11-,12-/m0/s1. The van der Waals surface area contributed by atoms with Crippen LogP contribution in [0.15, 0.2) is 0 Å². The van der Waals surface area contributed by atoms with Gasteiger partial charge in [0.1, 0.15) is 11.6 Å². The Morgan fingerprint density at radius 3 is 2.57 bits per heavy atom. The van der Waals surface area contributed by atoms with Gasteiger partial charge in [-0.05, 0) is 47.1 Å². The fourth-order valence-corrected chi connectivity index (χ4v) is 2.98. The van der Waals surface area contributed by atoms with Crippen molar-refractivity contribution < 1.29 is 19.1 Å². The second kappa shape index (κ2) is 6.22. The third-order valence-corrected chi connectivity index (χ3v) is 3.88. The molecule has 2 rings (SSSR count). The summed E-state index contributed by atoms with van der Waals surface area (Å²) in [4.78, 5) is 28.4. The Balaban J connectivity index is 2.12. The molecule has 0 aromatic rings. The number of nitrogens with zero attached hydrogens (tertiary/aromatic N) is 2. The van der Waals surface area contributed by atoms with Crippen LogP contribution >= 0.6 is 0 Å². The Labute approximate surface area is 126 Å². The summed E-state index contributed by atoms with van der Waals surface area (Å²) in [5.41, 5.74) is -0.566. The van der Waals surface area contributed by atoms with Crippen LogP contribution in [0, 0.1) is 0 Å². The van der Waals surface area contributed by atoms with Crippen molar-refractivity contribution in [3.8, 4) is 0 Å². The number of piperazine rings is 1. The van der Waals surface area contributed by atoms with Gasteiger partial charge in [0.25, 0.3) is 0 Å². The highest BCUT2D eigenvalue weighted by molar-refractivity contribution is 5.82. The zero-order valence-corrected chi connectivity index (χ0v) is 13.4. The first kappa shape index (κ1) is 16.1. The van der Waals surface area contributed by atoms with Gasteiger partial charge in [-0.25, -0.2) is 9.59 Å². The van der Waals surface area contributed by atoms with E-state index >= 15 is 0 Å². The Bertz CT molecular complexity index is 405. The molecule has 0 aliphatic carbocycles. The van der Waals surface area contributed by atoms with Gasteiger partial charge in [-0.2, -0.15) is 0 Å². The third kappa shape index (κ3) is 3.87. The summed E-state index contributed by atoms with van der Waals surface area (Å²) < 4.78 is 10.6. The second-order valence-electron chi connectivity index (χ2n) is 6.69. The van der Waals surface area contributed by atoms with Crippen molar-refractivity contribution in [1.29, 1.82) is 0 Å². The lowest BCUT2D eigenvalue weighted by Crippen LogP contribution is -2.61. The maximum absolute atomic E-state index is 12.4. The van der Waals surface area contributed by atoms with E-state index in [0.29, 0.717) is 25.7 Å². The van der Waals surface area contributed by atoms with Gasteiger partial charge in [0.15, 0.2) is 0 Å². The number of carbonyl (C=O) groups is 2. The monoisotopic (exact) mass is 298 g/mol. The van der Waals surface area contributed by atoms with Crippen LogP contribution in [-0.4, -0.2) is 65.8 Å². The summed E-state index contributed by atoms with van der Waals surface area (Å²) >= 11 is 0. The summed E-state index contributed by atoms with van der Waals surface area (Å²) in [6.07, 6.45) is 1.75. The second-order valence-corrected chi connectivity index (χ2v) is 6.69. The molecule has 2 aliphatic heterocycles. The number of carbonyl (C=O) groups excluding carboxylic acids is 2. The lowest BCUT2D eigenvalue weighted by molar-refractivity contribution is -0.152. The van der Waals surface area contributed by atoms with Crippen molar-refractivity contribution in [2.45, 2.75) is 58.2 Å². The lowest BCUT2D eigenvalue weighted by atomic mass is 10.1. The van der Waals surface area contributed by atoms with Crippen molar-refractivity contribution >= 4 is 12.1 Å². The van der Waals surface area contributed by atoms with E-state index in [1.165, 1.54) is 0 Å². The normalized spacial score (nSPS) is 26.4. The molecule has 0 N–H and O–H groups in total. The smallest absolute Gasteiger partial charge is 0.411 e. The van der Waals surface area contributed by atoms with Crippen LogP contribution in [0.25, 0.3) is 0 Å². The van der Waals surface area contributed by atoms with Crippen molar-refractivity contribution in [2.75, 3.05) is 26.2 Å². The number of fused-ring (bicyclic) bond motifs is 1. The SMILES string of the molecule is CCOC(=O)[C@@H]1CN2CCC[C@H]2CN1C(=O)OC(C)(C)C. The molecule has 0 saturated carbocycles. The largest absolute Gasteiger partial charge is 0.464 e. The summed E-state index contributed by atoms with van der Waals surface area (Å²) in [5, 5.41) is 0. The first-order valence-corrected chi connectivity index (χ1v) is 7.72. The van der Waals surface area contributed by atoms with Gasteiger partial charge in [-0.1, -0.05) is 0 Å². The van der Waals surface area contributed by atoms with Crippen LogP contribution in [0.2, 0.25) is 0 Å². The van der Waals surface area contributed by atoms with E-state index in [9.17, 15) is 9.59 Å². The zero-order valence-electron chi connectivity index (χ0n) is 13.4. The van der Waals surface area contributed by atoms with E-state index in [-0.39, 0.29) is 5.97 Å². The van der Waals surface area contributed by atoms with Gasteiger partial charge in [0, 0.05) is 19.1 Å². The number of hydrogen-bond donors (Lipinski definition) is 0. The average Bonchev–Trinajstić information content (AvgIpc) is 2.82. The highest BCUT2D eigenvalue weighted by Gasteiger charge is 2.43. The molecule has 0 aromatic heterocycles. The van der Waals surface area contributed by atoms with Crippen LogP contribution < -0.4 is 0 Å². The summed E-state index contributed by atoms with van der Waals surface area (Å²) in [5.74, 6) is -0.339. The minimum Gasteiger partial charge on any atom is -0.464 e. The molecule has 0 unspecified atom stereocenters. The number of ether oxygens (including phenoxy) is 2. The Morgan fingerprint density at radius 1 is 1.24 bits per heavy atom. The molecular formula is C15H26N2O4. The summed E-state index contributed by atoms with van der Waals surface area (Å²) in [6, 6.07) is -0.225. The fraction of sp³-hybridized carbons (Fsp3) is 0.867. The Morgan fingerprint density at radius 2 is 1.95 bits per heavy atom. The predicted octanol–water partition coefficient (Wildman–Crippen LogP) is 1.63. The van der Waals surface area contributed by atoms with Crippen molar-refractivity contribution in [3.63, 3.8) is 0 Å². The van der Waals surface area contributed by atoms with Crippen LogP contribution in [-0.2, 0) is 14.3 Å². The van der Waals surface area contributed by atoms with Crippen molar-refractivity contribution in [3.05, 3.63) is 0 Å². The average molecular weight is 298 g/mol.